The Hall–Kier alpha value is -3.02. The van der Waals surface area contributed by atoms with E-state index in [0.29, 0.717) is 17.0 Å². The van der Waals surface area contributed by atoms with Gasteiger partial charge < -0.3 is 14.6 Å². The van der Waals surface area contributed by atoms with E-state index in [1.54, 1.807) is 64.3 Å². The van der Waals surface area contributed by atoms with E-state index in [9.17, 15) is 14.7 Å². The number of carbonyl (C=O) groups excluding carboxylic acids is 1. The van der Waals surface area contributed by atoms with Gasteiger partial charge in [-0.15, -0.1) is 0 Å². The van der Waals surface area contributed by atoms with Crippen molar-refractivity contribution < 1.29 is 24.2 Å². The molecule has 0 saturated heterocycles. The summed E-state index contributed by atoms with van der Waals surface area (Å²) in [6.45, 7) is 5.31. The molecule has 0 unspecified atom stereocenters. The second kappa shape index (κ2) is 8.58. The molecule has 0 aliphatic carbocycles. The molecule has 0 spiro atoms. The monoisotopic (exact) mass is 371 g/mol. The fourth-order valence-corrected chi connectivity index (χ4v) is 2.67. The van der Waals surface area contributed by atoms with Crippen LogP contribution in [0.2, 0.25) is 0 Å². The van der Waals surface area contributed by atoms with E-state index in [4.69, 9.17) is 9.47 Å². The third kappa shape index (κ3) is 5.74. The molecule has 0 radical (unpaired) electrons. The Labute approximate surface area is 159 Å². The standard InChI is InChI=1S/C21H25NO5/c1-21(2,3)27-20(25)22(16-10-12-17(26-4)13-11-16)18(14-19(23)24)15-8-6-5-7-9-15/h5-13,18H,14H2,1-4H3,(H,23,24)/t18-/m0/s1. The van der Waals surface area contributed by atoms with E-state index in [1.165, 1.54) is 4.90 Å². The van der Waals surface area contributed by atoms with Crippen molar-refractivity contribution in [3.63, 3.8) is 0 Å². The lowest BCUT2D eigenvalue weighted by Crippen LogP contribution is -2.40. The predicted octanol–water partition coefficient (Wildman–Crippen LogP) is 4.65. The molecule has 0 aliphatic rings. The highest BCUT2D eigenvalue weighted by Gasteiger charge is 2.32. The summed E-state index contributed by atoms with van der Waals surface area (Å²) < 4.78 is 10.7. The lowest BCUT2D eigenvalue weighted by atomic mass is 10.0. The van der Waals surface area contributed by atoms with E-state index in [2.05, 4.69) is 0 Å². The van der Waals surface area contributed by atoms with Gasteiger partial charge in [0.05, 0.1) is 19.6 Å². The molecule has 1 atom stereocenters. The molecule has 144 valence electrons. The van der Waals surface area contributed by atoms with E-state index in [1.807, 2.05) is 18.2 Å². The van der Waals surface area contributed by atoms with Crippen LogP contribution in [0.3, 0.4) is 0 Å². The molecular formula is C21H25NO5. The molecule has 0 saturated carbocycles. The number of carbonyl (C=O) groups is 2. The summed E-state index contributed by atoms with van der Waals surface area (Å²) in [5.41, 5.74) is 0.522. The van der Waals surface area contributed by atoms with Gasteiger partial charge in [0, 0.05) is 5.69 Å². The molecule has 27 heavy (non-hydrogen) atoms. The second-order valence-corrected chi connectivity index (χ2v) is 7.07. The number of benzene rings is 2. The SMILES string of the molecule is COc1ccc(N(C(=O)OC(C)(C)C)[C@@H](CC(=O)O)c2ccccc2)cc1. The number of methoxy groups -OCH3 is 1. The minimum atomic E-state index is -1.01. The van der Waals surface area contributed by atoms with Gasteiger partial charge in [-0.25, -0.2) is 4.79 Å². The van der Waals surface area contributed by atoms with Crippen LogP contribution in [0.5, 0.6) is 5.75 Å². The molecule has 0 aliphatic heterocycles. The van der Waals surface area contributed by atoms with Gasteiger partial charge >= 0.3 is 12.1 Å². The van der Waals surface area contributed by atoms with Crippen LogP contribution in [-0.4, -0.2) is 29.9 Å². The first-order chi connectivity index (χ1) is 12.7. The van der Waals surface area contributed by atoms with Crippen LogP contribution in [0, 0.1) is 0 Å². The first-order valence-corrected chi connectivity index (χ1v) is 8.64. The number of anilines is 1. The maximum absolute atomic E-state index is 13.0. The van der Waals surface area contributed by atoms with E-state index < -0.39 is 23.7 Å². The molecule has 2 aromatic carbocycles. The van der Waals surface area contributed by atoms with Crippen molar-refractivity contribution in [2.24, 2.45) is 0 Å². The highest BCUT2D eigenvalue weighted by Crippen LogP contribution is 2.32. The number of carboxylic acids is 1. The Morgan fingerprint density at radius 1 is 1.04 bits per heavy atom. The van der Waals surface area contributed by atoms with Gasteiger partial charge in [0.15, 0.2) is 0 Å². The maximum Gasteiger partial charge on any atom is 0.415 e. The van der Waals surface area contributed by atoms with Gasteiger partial charge in [0.1, 0.15) is 11.4 Å². The Bertz CT molecular complexity index is 765. The fraction of sp³-hybridized carbons (Fsp3) is 0.333. The molecule has 2 aromatic rings. The number of hydrogen-bond acceptors (Lipinski definition) is 4. The maximum atomic E-state index is 13.0. The minimum absolute atomic E-state index is 0.255. The number of nitrogens with zero attached hydrogens (tertiary/aromatic N) is 1. The zero-order valence-corrected chi connectivity index (χ0v) is 16.0. The van der Waals surface area contributed by atoms with Crippen molar-refractivity contribution in [3.8, 4) is 5.75 Å². The molecule has 1 N–H and O–H groups in total. The summed E-state index contributed by atoms with van der Waals surface area (Å²) in [5, 5.41) is 9.44. The third-order valence-electron chi connectivity index (χ3n) is 3.80. The zero-order valence-electron chi connectivity index (χ0n) is 16.0. The quantitative estimate of drug-likeness (QED) is 0.800. The Balaban J connectivity index is 2.52. The van der Waals surface area contributed by atoms with Gasteiger partial charge in [-0.1, -0.05) is 30.3 Å². The van der Waals surface area contributed by atoms with Gasteiger partial charge in [-0.05, 0) is 50.6 Å². The molecule has 6 nitrogen and oxygen atoms in total. The molecule has 6 heteroatoms. The Morgan fingerprint density at radius 3 is 2.11 bits per heavy atom. The molecule has 1 amide bonds. The first kappa shape index (κ1) is 20.3. The number of ether oxygens (including phenoxy) is 2. The number of rotatable bonds is 6. The highest BCUT2D eigenvalue weighted by molar-refractivity contribution is 5.90. The van der Waals surface area contributed by atoms with Crippen LogP contribution in [0.15, 0.2) is 54.6 Å². The van der Waals surface area contributed by atoms with Gasteiger partial charge in [-0.3, -0.25) is 9.69 Å². The summed E-state index contributed by atoms with van der Waals surface area (Å²) in [4.78, 5) is 25.9. The molecule has 0 aromatic heterocycles. The lowest BCUT2D eigenvalue weighted by Gasteiger charge is -2.33. The normalized spacial score (nSPS) is 12.1. The number of amides is 1. The summed E-state index contributed by atoms with van der Waals surface area (Å²) in [7, 11) is 1.55. The van der Waals surface area contributed by atoms with Crippen molar-refractivity contribution >= 4 is 17.7 Å². The summed E-state index contributed by atoms with van der Waals surface area (Å²) in [6, 6.07) is 15.2. The van der Waals surface area contributed by atoms with Crippen LogP contribution in [0.4, 0.5) is 10.5 Å². The average Bonchev–Trinajstić information content (AvgIpc) is 2.60. The Kier molecular flexibility index (Phi) is 6.45. The average molecular weight is 371 g/mol. The summed E-state index contributed by atoms with van der Waals surface area (Å²) in [5.74, 6) is -0.372. The minimum Gasteiger partial charge on any atom is -0.497 e. The highest BCUT2D eigenvalue weighted by atomic mass is 16.6. The van der Waals surface area contributed by atoms with Crippen LogP contribution in [0.1, 0.15) is 38.8 Å². The summed E-state index contributed by atoms with van der Waals surface area (Å²) in [6.07, 6.45) is -0.863. The van der Waals surface area contributed by atoms with Gasteiger partial charge in [-0.2, -0.15) is 0 Å². The first-order valence-electron chi connectivity index (χ1n) is 8.64. The molecule has 2 rings (SSSR count). The smallest absolute Gasteiger partial charge is 0.415 e. The fourth-order valence-electron chi connectivity index (χ4n) is 2.67. The predicted molar refractivity (Wildman–Crippen MR) is 103 cm³/mol. The molecular weight excluding hydrogens is 346 g/mol. The van der Waals surface area contributed by atoms with E-state index in [-0.39, 0.29) is 6.42 Å². The molecule has 0 bridgehead atoms. The van der Waals surface area contributed by atoms with Crippen LogP contribution in [0.25, 0.3) is 0 Å². The lowest BCUT2D eigenvalue weighted by molar-refractivity contribution is -0.137. The second-order valence-electron chi connectivity index (χ2n) is 7.07. The van der Waals surface area contributed by atoms with Crippen LogP contribution in [-0.2, 0) is 9.53 Å². The van der Waals surface area contributed by atoms with Crippen molar-refractivity contribution in [2.45, 2.75) is 38.8 Å². The summed E-state index contributed by atoms with van der Waals surface area (Å²) >= 11 is 0. The third-order valence-corrected chi connectivity index (χ3v) is 3.80. The van der Waals surface area contributed by atoms with Crippen LogP contribution >= 0.6 is 0 Å². The Morgan fingerprint density at radius 2 is 1.63 bits per heavy atom. The zero-order chi connectivity index (χ0) is 20.0. The van der Waals surface area contributed by atoms with Crippen molar-refractivity contribution in [2.75, 3.05) is 12.0 Å². The molecule has 0 heterocycles. The number of aliphatic carboxylic acids is 1. The van der Waals surface area contributed by atoms with Crippen molar-refractivity contribution in [1.29, 1.82) is 0 Å². The largest absolute Gasteiger partial charge is 0.497 e. The topological polar surface area (TPSA) is 76.1 Å². The van der Waals surface area contributed by atoms with Gasteiger partial charge in [0.2, 0.25) is 0 Å². The van der Waals surface area contributed by atoms with Crippen molar-refractivity contribution in [1.82, 2.24) is 0 Å². The van der Waals surface area contributed by atoms with E-state index >= 15 is 0 Å². The number of carboxylic acid groups (broad SMARTS) is 1. The van der Waals surface area contributed by atoms with Gasteiger partial charge in [0.25, 0.3) is 0 Å². The number of hydrogen-bond donors (Lipinski definition) is 1. The van der Waals surface area contributed by atoms with E-state index in [0.717, 1.165) is 0 Å². The van der Waals surface area contributed by atoms with Crippen molar-refractivity contribution in [3.05, 3.63) is 60.2 Å². The van der Waals surface area contributed by atoms with Crippen LogP contribution < -0.4 is 9.64 Å². The molecule has 0 fully saturated rings.